The lowest BCUT2D eigenvalue weighted by Crippen LogP contribution is -2.15. The third-order valence-electron chi connectivity index (χ3n) is 4.49. The number of carbonyl (C=O) groups excluding carboxylic acids is 2. The number of hydrogen-bond donors (Lipinski definition) is 0. The summed E-state index contributed by atoms with van der Waals surface area (Å²) in [4.78, 5) is 29.9. The highest BCUT2D eigenvalue weighted by atomic mass is 79.9. The van der Waals surface area contributed by atoms with E-state index in [1.165, 1.54) is 0 Å². The highest BCUT2D eigenvalue weighted by molar-refractivity contribution is 9.10. The fourth-order valence-electron chi connectivity index (χ4n) is 3.06. The first-order valence-corrected chi connectivity index (χ1v) is 9.82. The number of fused-ring (bicyclic) bond motifs is 1. The summed E-state index contributed by atoms with van der Waals surface area (Å²) in [7, 11) is 0. The number of ketones is 1. The van der Waals surface area contributed by atoms with Gasteiger partial charge in [0.15, 0.2) is 12.4 Å². The number of Topliss-reactive ketones (excluding diaryl/α,β-unsaturated/α-hetero) is 1. The zero-order valence-corrected chi connectivity index (χ0v) is 16.9. The van der Waals surface area contributed by atoms with Crippen LogP contribution in [0.25, 0.3) is 22.2 Å². The molecule has 4 aromatic rings. The molecular weight excluding hydrogens is 430 g/mol. The second-order valence-corrected chi connectivity index (χ2v) is 7.36. The Morgan fingerprint density at radius 2 is 1.62 bits per heavy atom. The Balaban J connectivity index is 1.64. The molecule has 5 heteroatoms. The number of carbonyl (C=O) groups is 2. The van der Waals surface area contributed by atoms with Crippen molar-refractivity contribution in [3.05, 3.63) is 101 Å². The van der Waals surface area contributed by atoms with Crippen LogP contribution >= 0.6 is 15.9 Å². The van der Waals surface area contributed by atoms with Gasteiger partial charge in [-0.1, -0.05) is 76.6 Å². The van der Waals surface area contributed by atoms with Crippen molar-refractivity contribution in [2.75, 3.05) is 6.61 Å². The Hall–Kier alpha value is -3.31. The number of rotatable bonds is 5. The molecule has 0 fully saturated rings. The highest BCUT2D eigenvalue weighted by Gasteiger charge is 2.17. The number of nitrogens with zero attached hydrogens (tertiary/aromatic N) is 1. The second-order valence-electron chi connectivity index (χ2n) is 6.45. The molecule has 0 aliphatic heterocycles. The molecule has 0 radical (unpaired) electrons. The maximum atomic E-state index is 12.8. The number of para-hydroxylation sites is 1. The maximum Gasteiger partial charge on any atom is 0.339 e. The van der Waals surface area contributed by atoms with Gasteiger partial charge in [-0.2, -0.15) is 0 Å². The molecule has 0 saturated heterocycles. The Kier molecular flexibility index (Phi) is 5.49. The van der Waals surface area contributed by atoms with Crippen LogP contribution in [0, 0.1) is 0 Å². The van der Waals surface area contributed by atoms with Crippen LogP contribution in [0.4, 0.5) is 0 Å². The summed E-state index contributed by atoms with van der Waals surface area (Å²) in [6, 6.07) is 25.7. The van der Waals surface area contributed by atoms with Crippen LogP contribution in [0.1, 0.15) is 20.7 Å². The molecule has 0 aliphatic rings. The molecule has 0 atom stereocenters. The molecule has 0 aliphatic carbocycles. The van der Waals surface area contributed by atoms with E-state index in [1.54, 1.807) is 24.3 Å². The Labute approximate surface area is 176 Å². The molecule has 4 nitrogen and oxygen atoms in total. The van der Waals surface area contributed by atoms with Crippen LogP contribution in [0.15, 0.2) is 89.4 Å². The first-order chi connectivity index (χ1) is 14.1. The first kappa shape index (κ1) is 19.0. The topological polar surface area (TPSA) is 56.3 Å². The summed E-state index contributed by atoms with van der Waals surface area (Å²) < 4.78 is 6.15. The lowest BCUT2D eigenvalue weighted by Gasteiger charge is -2.10. The fourth-order valence-corrected chi connectivity index (χ4v) is 3.45. The van der Waals surface area contributed by atoms with Gasteiger partial charge in [-0.15, -0.1) is 0 Å². The number of benzene rings is 3. The summed E-state index contributed by atoms with van der Waals surface area (Å²) in [5, 5.41) is 0.687. The highest BCUT2D eigenvalue weighted by Crippen LogP contribution is 2.25. The van der Waals surface area contributed by atoms with Crippen LogP contribution in [0.2, 0.25) is 0 Å². The van der Waals surface area contributed by atoms with Gasteiger partial charge in [0.25, 0.3) is 0 Å². The SMILES string of the molecule is O=C(COC(=O)c1cc(-c2ccccc2)nc2ccccc12)c1cccc(Br)c1. The average molecular weight is 446 g/mol. The number of pyridine rings is 1. The number of esters is 1. The Bertz CT molecular complexity index is 1210. The van der Waals surface area contributed by atoms with E-state index in [-0.39, 0.29) is 12.4 Å². The van der Waals surface area contributed by atoms with Gasteiger partial charge in [0.1, 0.15) is 0 Å². The summed E-state index contributed by atoms with van der Waals surface area (Å²) in [6.07, 6.45) is 0. The zero-order valence-electron chi connectivity index (χ0n) is 15.3. The van der Waals surface area contributed by atoms with E-state index in [1.807, 2.05) is 60.7 Å². The predicted octanol–water partition coefficient (Wildman–Crippen LogP) is 5.70. The van der Waals surface area contributed by atoms with E-state index >= 15 is 0 Å². The van der Waals surface area contributed by atoms with E-state index in [2.05, 4.69) is 20.9 Å². The standard InChI is InChI=1S/C24H16BrNO3/c25-18-10-6-9-17(13-18)23(27)15-29-24(28)20-14-22(16-7-2-1-3-8-16)26-21-12-5-4-11-19(20)21/h1-14H,15H2. The van der Waals surface area contributed by atoms with Crippen molar-refractivity contribution < 1.29 is 14.3 Å². The fraction of sp³-hybridized carbons (Fsp3) is 0.0417. The van der Waals surface area contributed by atoms with Gasteiger partial charge in [0, 0.05) is 21.0 Å². The molecule has 29 heavy (non-hydrogen) atoms. The van der Waals surface area contributed by atoms with Crippen molar-refractivity contribution in [1.82, 2.24) is 4.98 Å². The normalized spacial score (nSPS) is 10.7. The van der Waals surface area contributed by atoms with E-state index in [0.717, 1.165) is 10.0 Å². The van der Waals surface area contributed by atoms with Gasteiger partial charge in [-0.25, -0.2) is 9.78 Å². The summed E-state index contributed by atoms with van der Waals surface area (Å²) in [5.41, 5.74) is 3.14. The molecule has 1 heterocycles. The minimum atomic E-state index is -0.552. The van der Waals surface area contributed by atoms with Gasteiger partial charge >= 0.3 is 5.97 Å². The van der Waals surface area contributed by atoms with E-state index in [9.17, 15) is 9.59 Å². The quantitative estimate of drug-likeness (QED) is 0.291. The van der Waals surface area contributed by atoms with Gasteiger partial charge < -0.3 is 4.74 Å². The Morgan fingerprint density at radius 1 is 0.862 bits per heavy atom. The Morgan fingerprint density at radius 3 is 2.41 bits per heavy atom. The zero-order chi connectivity index (χ0) is 20.2. The molecule has 0 unspecified atom stereocenters. The van der Waals surface area contributed by atoms with Crippen molar-refractivity contribution in [3.63, 3.8) is 0 Å². The van der Waals surface area contributed by atoms with Gasteiger partial charge in [-0.05, 0) is 24.3 Å². The molecule has 4 rings (SSSR count). The smallest absolute Gasteiger partial charge is 0.339 e. The molecule has 0 amide bonds. The minimum Gasteiger partial charge on any atom is -0.454 e. The lowest BCUT2D eigenvalue weighted by molar-refractivity contribution is 0.0476. The molecule has 142 valence electrons. The van der Waals surface area contributed by atoms with Crippen LogP contribution < -0.4 is 0 Å². The van der Waals surface area contributed by atoms with E-state index in [0.29, 0.717) is 27.7 Å². The second kappa shape index (κ2) is 8.37. The van der Waals surface area contributed by atoms with E-state index < -0.39 is 5.97 Å². The van der Waals surface area contributed by atoms with Crippen LogP contribution in [-0.4, -0.2) is 23.3 Å². The molecule has 0 spiro atoms. The average Bonchev–Trinajstić information content (AvgIpc) is 2.77. The van der Waals surface area contributed by atoms with Crippen molar-refractivity contribution >= 4 is 38.6 Å². The molecule has 0 N–H and O–H groups in total. The molecule has 3 aromatic carbocycles. The molecular formula is C24H16BrNO3. The maximum absolute atomic E-state index is 12.8. The number of hydrogen-bond acceptors (Lipinski definition) is 4. The third-order valence-corrected chi connectivity index (χ3v) is 4.98. The van der Waals surface area contributed by atoms with Crippen molar-refractivity contribution in [1.29, 1.82) is 0 Å². The van der Waals surface area contributed by atoms with Crippen molar-refractivity contribution in [2.24, 2.45) is 0 Å². The molecule has 1 aromatic heterocycles. The van der Waals surface area contributed by atoms with Crippen molar-refractivity contribution in [3.8, 4) is 11.3 Å². The van der Waals surface area contributed by atoms with Crippen molar-refractivity contribution in [2.45, 2.75) is 0 Å². The summed E-state index contributed by atoms with van der Waals surface area (Å²) >= 11 is 3.34. The van der Waals surface area contributed by atoms with E-state index in [4.69, 9.17) is 4.74 Å². The van der Waals surface area contributed by atoms with Gasteiger partial charge in [0.05, 0.1) is 16.8 Å². The van der Waals surface area contributed by atoms with Gasteiger partial charge in [0.2, 0.25) is 0 Å². The molecule has 0 saturated carbocycles. The molecule has 0 bridgehead atoms. The largest absolute Gasteiger partial charge is 0.454 e. The third kappa shape index (κ3) is 4.25. The number of halogens is 1. The predicted molar refractivity (Wildman–Crippen MR) is 116 cm³/mol. The lowest BCUT2D eigenvalue weighted by atomic mass is 10.0. The summed E-state index contributed by atoms with van der Waals surface area (Å²) in [6.45, 7) is -0.327. The minimum absolute atomic E-state index is 0.263. The van der Waals surface area contributed by atoms with Crippen LogP contribution in [0.5, 0.6) is 0 Å². The van der Waals surface area contributed by atoms with Crippen LogP contribution in [-0.2, 0) is 4.74 Å². The van der Waals surface area contributed by atoms with Gasteiger partial charge in [-0.3, -0.25) is 4.79 Å². The summed E-state index contributed by atoms with van der Waals surface area (Å²) in [5.74, 6) is -0.814. The number of aromatic nitrogens is 1. The monoisotopic (exact) mass is 445 g/mol. The first-order valence-electron chi connectivity index (χ1n) is 9.03. The van der Waals surface area contributed by atoms with Crippen LogP contribution in [0.3, 0.4) is 0 Å². The number of ether oxygens (including phenoxy) is 1.